The Morgan fingerprint density at radius 3 is 2.00 bits per heavy atom. The lowest BCUT2D eigenvalue weighted by atomic mass is 10.0. The molecule has 0 bridgehead atoms. The number of benzene rings is 2. The van der Waals surface area contributed by atoms with Crippen molar-refractivity contribution < 1.29 is 19.8 Å². The van der Waals surface area contributed by atoms with Crippen molar-refractivity contribution in [3.05, 3.63) is 70.8 Å². The first-order valence-corrected chi connectivity index (χ1v) is 8.32. The van der Waals surface area contributed by atoms with Crippen molar-refractivity contribution >= 4 is 11.9 Å². The number of carbonyl (C=O) groups is 2. The van der Waals surface area contributed by atoms with Gasteiger partial charge < -0.3 is 15.9 Å². The van der Waals surface area contributed by atoms with E-state index in [2.05, 4.69) is 6.92 Å². The van der Waals surface area contributed by atoms with Crippen LogP contribution in [-0.2, 0) is 6.42 Å². The summed E-state index contributed by atoms with van der Waals surface area (Å²) in [7, 11) is 0. The summed E-state index contributed by atoms with van der Waals surface area (Å²) >= 11 is 0. The Hall–Kier alpha value is -2.66. The van der Waals surface area contributed by atoms with Crippen molar-refractivity contribution in [2.24, 2.45) is 5.73 Å². The predicted molar refractivity (Wildman–Crippen MR) is 98.2 cm³/mol. The molecule has 0 atom stereocenters. The zero-order valence-corrected chi connectivity index (χ0v) is 14.4. The van der Waals surface area contributed by atoms with Gasteiger partial charge in [-0.2, -0.15) is 0 Å². The van der Waals surface area contributed by atoms with E-state index in [1.807, 2.05) is 6.07 Å². The van der Waals surface area contributed by atoms with Crippen LogP contribution in [0.1, 0.15) is 58.0 Å². The third-order valence-electron chi connectivity index (χ3n) is 3.59. The number of carboxylic acid groups (broad SMARTS) is 2. The number of hydrogen-bond donors (Lipinski definition) is 3. The van der Waals surface area contributed by atoms with Crippen molar-refractivity contribution in [1.29, 1.82) is 0 Å². The van der Waals surface area contributed by atoms with Crippen LogP contribution in [0.5, 0.6) is 0 Å². The number of nitrogens with two attached hydrogens (primary N) is 1. The van der Waals surface area contributed by atoms with Gasteiger partial charge in [-0.25, -0.2) is 9.59 Å². The van der Waals surface area contributed by atoms with E-state index in [4.69, 9.17) is 15.9 Å². The molecule has 0 heterocycles. The minimum absolute atomic E-state index is 0.239. The van der Waals surface area contributed by atoms with Crippen LogP contribution in [0.15, 0.2) is 48.5 Å². The third kappa shape index (κ3) is 7.63. The second kappa shape index (κ2) is 11.0. The van der Waals surface area contributed by atoms with Crippen LogP contribution in [0.3, 0.4) is 0 Å². The molecule has 0 aliphatic rings. The first kappa shape index (κ1) is 20.4. The minimum atomic E-state index is -0.959. The van der Waals surface area contributed by atoms with Crippen LogP contribution < -0.4 is 5.73 Å². The summed E-state index contributed by atoms with van der Waals surface area (Å²) in [5.41, 5.74) is 7.52. The van der Waals surface area contributed by atoms with Gasteiger partial charge in [-0.15, -0.1) is 0 Å². The molecule has 25 heavy (non-hydrogen) atoms. The molecule has 0 amide bonds. The number of carboxylic acids is 2. The summed E-state index contributed by atoms with van der Waals surface area (Å²) in [5.74, 6) is -1.91. The van der Waals surface area contributed by atoms with E-state index in [1.165, 1.54) is 19.3 Å². The Labute approximate surface area is 148 Å². The summed E-state index contributed by atoms with van der Waals surface area (Å²) in [6.45, 7) is 3.03. The van der Waals surface area contributed by atoms with Gasteiger partial charge in [0.2, 0.25) is 0 Å². The van der Waals surface area contributed by atoms with E-state index in [9.17, 15) is 9.59 Å². The Morgan fingerprint density at radius 2 is 1.52 bits per heavy atom. The van der Waals surface area contributed by atoms with Gasteiger partial charge in [-0.3, -0.25) is 0 Å². The molecule has 4 N–H and O–H groups in total. The number of aromatic carboxylic acids is 2. The molecule has 0 radical (unpaired) electrons. The van der Waals surface area contributed by atoms with Crippen molar-refractivity contribution in [2.75, 3.05) is 6.54 Å². The van der Waals surface area contributed by atoms with Gasteiger partial charge in [0.1, 0.15) is 0 Å². The Balaban J connectivity index is 0.000000450. The fourth-order valence-electron chi connectivity index (χ4n) is 2.21. The lowest BCUT2D eigenvalue weighted by Gasteiger charge is -2.04. The summed E-state index contributed by atoms with van der Waals surface area (Å²) in [5, 5.41) is 17.7. The highest BCUT2D eigenvalue weighted by molar-refractivity contribution is 5.88. The van der Waals surface area contributed by atoms with Crippen molar-refractivity contribution in [1.82, 2.24) is 0 Å². The number of hydrogen-bond acceptors (Lipinski definition) is 3. The highest BCUT2D eigenvalue weighted by atomic mass is 16.4. The van der Waals surface area contributed by atoms with Crippen LogP contribution in [0.2, 0.25) is 0 Å². The summed E-state index contributed by atoms with van der Waals surface area (Å²) in [4.78, 5) is 21.6. The molecule has 0 aliphatic heterocycles. The first-order chi connectivity index (χ1) is 12.0. The number of rotatable bonds is 7. The highest BCUT2D eigenvalue weighted by Gasteiger charge is 2.05. The quantitative estimate of drug-likeness (QED) is 0.664. The second-order valence-electron chi connectivity index (χ2n) is 5.68. The van der Waals surface area contributed by atoms with Crippen LogP contribution >= 0.6 is 0 Å². The van der Waals surface area contributed by atoms with Crippen LogP contribution in [0, 0.1) is 0 Å². The van der Waals surface area contributed by atoms with E-state index >= 15 is 0 Å². The van der Waals surface area contributed by atoms with Crippen LogP contribution in [-0.4, -0.2) is 28.7 Å². The zero-order valence-electron chi connectivity index (χ0n) is 14.4. The average molecular weight is 343 g/mol. The Morgan fingerprint density at radius 1 is 0.880 bits per heavy atom. The smallest absolute Gasteiger partial charge is 0.335 e. The number of unbranched alkanes of at least 4 members (excludes halogenated alkanes) is 2. The normalized spacial score (nSPS) is 9.84. The molecule has 0 aliphatic carbocycles. The molecule has 2 aromatic rings. The van der Waals surface area contributed by atoms with Gasteiger partial charge in [-0.05, 0) is 54.8 Å². The third-order valence-corrected chi connectivity index (χ3v) is 3.59. The summed E-state index contributed by atoms with van der Waals surface area (Å²) in [6.07, 6.45) is 4.32. The maximum Gasteiger partial charge on any atom is 0.335 e. The first-order valence-electron chi connectivity index (χ1n) is 8.32. The van der Waals surface area contributed by atoms with E-state index in [0.717, 1.165) is 17.7 Å². The van der Waals surface area contributed by atoms with Gasteiger partial charge in [0, 0.05) is 0 Å². The van der Waals surface area contributed by atoms with Crippen LogP contribution in [0.25, 0.3) is 0 Å². The SMILES string of the molecule is CCCCCN.O=C(O)c1ccc(Cc2cccc(C(=O)O)c2)cc1. The molecular weight excluding hydrogens is 318 g/mol. The molecule has 0 unspecified atom stereocenters. The molecule has 5 nitrogen and oxygen atoms in total. The summed E-state index contributed by atoms with van der Waals surface area (Å²) < 4.78 is 0. The topological polar surface area (TPSA) is 101 Å². The van der Waals surface area contributed by atoms with Crippen molar-refractivity contribution in [3.8, 4) is 0 Å². The second-order valence-corrected chi connectivity index (χ2v) is 5.68. The molecular formula is C20H25NO4. The fraction of sp³-hybridized carbons (Fsp3) is 0.300. The van der Waals surface area contributed by atoms with E-state index in [1.54, 1.807) is 42.5 Å². The molecule has 2 aromatic carbocycles. The van der Waals surface area contributed by atoms with E-state index < -0.39 is 11.9 Å². The molecule has 0 aromatic heterocycles. The molecule has 0 spiro atoms. The molecule has 134 valence electrons. The van der Waals surface area contributed by atoms with Gasteiger partial charge in [-0.1, -0.05) is 44.0 Å². The largest absolute Gasteiger partial charge is 0.478 e. The predicted octanol–water partition coefficient (Wildman–Crippen LogP) is 3.81. The molecule has 5 heteroatoms. The standard InChI is InChI=1S/C15H12O4.C5H13N/c16-14(17)12-6-4-10(5-7-12)8-11-2-1-3-13(9-11)15(18)19;1-2-3-4-5-6/h1-7,9H,8H2,(H,16,17)(H,18,19);2-6H2,1H3. The minimum Gasteiger partial charge on any atom is -0.478 e. The van der Waals surface area contributed by atoms with Crippen molar-refractivity contribution in [2.45, 2.75) is 32.6 Å². The Bertz CT molecular complexity index is 676. The fourth-order valence-corrected chi connectivity index (χ4v) is 2.21. The lowest BCUT2D eigenvalue weighted by Crippen LogP contribution is -1.99. The zero-order chi connectivity index (χ0) is 18.7. The molecule has 0 fully saturated rings. The average Bonchev–Trinajstić information content (AvgIpc) is 2.61. The van der Waals surface area contributed by atoms with E-state index in [0.29, 0.717) is 6.42 Å². The monoisotopic (exact) mass is 343 g/mol. The van der Waals surface area contributed by atoms with Gasteiger partial charge in [0.15, 0.2) is 0 Å². The maximum absolute atomic E-state index is 10.9. The van der Waals surface area contributed by atoms with Gasteiger partial charge >= 0.3 is 11.9 Å². The molecule has 2 rings (SSSR count). The van der Waals surface area contributed by atoms with E-state index in [-0.39, 0.29) is 11.1 Å². The van der Waals surface area contributed by atoms with Crippen molar-refractivity contribution in [3.63, 3.8) is 0 Å². The molecule has 0 saturated carbocycles. The Kier molecular flexibility index (Phi) is 8.96. The molecule has 0 saturated heterocycles. The maximum atomic E-state index is 10.9. The van der Waals surface area contributed by atoms with Crippen LogP contribution in [0.4, 0.5) is 0 Å². The van der Waals surface area contributed by atoms with Gasteiger partial charge in [0.25, 0.3) is 0 Å². The summed E-state index contributed by atoms with van der Waals surface area (Å²) in [6, 6.07) is 13.2. The van der Waals surface area contributed by atoms with Gasteiger partial charge in [0.05, 0.1) is 11.1 Å². The lowest BCUT2D eigenvalue weighted by molar-refractivity contribution is 0.0686. The highest BCUT2D eigenvalue weighted by Crippen LogP contribution is 2.13.